The van der Waals surface area contributed by atoms with Crippen LogP contribution in [0.25, 0.3) is 0 Å². The Morgan fingerprint density at radius 1 is 1.70 bits per heavy atom. The third-order valence-corrected chi connectivity index (χ3v) is 1.76. The van der Waals surface area contributed by atoms with Crippen LogP contribution in [-0.4, -0.2) is 16.0 Å². The molecule has 0 aliphatic rings. The van der Waals surface area contributed by atoms with Gasteiger partial charge in [0.25, 0.3) is 5.56 Å². The molecule has 0 radical (unpaired) electrons. The van der Waals surface area contributed by atoms with E-state index in [2.05, 4.69) is 10.2 Å². The summed E-state index contributed by atoms with van der Waals surface area (Å²) in [6, 6.07) is 3.19. The Kier molecular flexibility index (Phi) is 2.50. The van der Waals surface area contributed by atoms with Crippen molar-refractivity contribution in [3.05, 3.63) is 22.5 Å². The average Bonchev–Trinajstić information content (AvgIpc) is 1.95. The second-order valence-electron chi connectivity index (χ2n) is 1.69. The molecule has 0 bridgehead atoms. The minimum absolute atomic E-state index is 0.152. The molecule has 0 saturated heterocycles. The van der Waals surface area contributed by atoms with Crippen LogP contribution in [0.3, 0.4) is 0 Å². The molecule has 0 fully saturated rings. The summed E-state index contributed by atoms with van der Waals surface area (Å²) in [5.41, 5.74) is -0.152. The zero-order valence-corrected chi connectivity index (χ0v) is 6.44. The molecule has 0 aromatic carbocycles. The number of aromatic amines is 1. The van der Waals surface area contributed by atoms with Gasteiger partial charge in [0, 0.05) is 6.07 Å². The van der Waals surface area contributed by atoms with Crippen LogP contribution in [0, 0.1) is 0 Å². The van der Waals surface area contributed by atoms with Crippen molar-refractivity contribution in [2.24, 2.45) is 0 Å². The van der Waals surface area contributed by atoms with Crippen molar-refractivity contribution < 1.29 is 0 Å². The Morgan fingerprint density at radius 2 is 2.50 bits per heavy atom. The molecule has 0 aliphatic carbocycles. The number of nitrogens with one attached hydrogen (secondary N) is 1. The van der Waals surface area contributed by atoms with Gasteiger partial charge >= 0.3 is 0 Å². The van der Waals surface area contributed by atoms with E-state index >= 15 is 0 Å². The van der Waals surface area contributed by atoms with Crippen LogP contribution in [0.5, 0.6) is 0 Å². The molecule has 0 spiro atoms. The van der Waals surface area contributed by atoms with Gasteiger partial charge in [0.2, 0.25) is 0 Å². The maximum Gasteiger partial charge on any atom is 0.264 e. The normalized spacial score (nSPS) is 9.70. The van der Waals surface area contributed by atoms with E-state index in [9.17, 15) is 4.79 Å². The molecule has 1 aromatic rings. The minimum Gasteiger partial charge on any atom is -0.268 e. The first-order chi connectivity index (χ1) is 4.83. The predicted molar refractivity (Wildman–Crippen MR) is 41.3 cm³/mol. The Bertz CT molecular complexity index is 238. The molecule has 54 valence electrons. The molecule has 4 heteroatoms. The average molecular weight is 156 g/mol. The second-order valence-corrected chi connectivity index (χ2v) is 2.98. The molecular formula is C6H8N2OS. The Hall–Kier alpha value is -0.770. The molecule has 0 saturated carbocycles. The fourth-order valence-electron chi connectivity index (χ4n) is 0.560. The topological polar surface area (TPSA) is 45.8 Å². The third-order valence-electron chi connectivity index (χ3n) is 0.946. The van der Waals surface area contributed by atoms with Crippen molar-refractivity contribution in [3.63, 3.8) is 0 Å². The Morgan fingerprint density at radius 3 is 3.00 bits per heavy atom. The van der Waals surface area contributed by atoms with E-state index in [1.807, 2.05) is 6.92 Å². The largest absolute Gasteiger partial charge is 0.268 e. The molecule has 1 aromatic heterocycles. The predicted octanol–water partition coefficient (Wildman–Crippen LogP) is 0.882. The van der Waals surface area contributed by atoms with E-state index in [4.69, 9.17) is 0 Å². The lowest BCUT2D eigenvalue weighted by Crippen LogP contribution is -2.05. The van der Waals surface area contributed by atoms with Gasteiger partial charge in [-0.05, 0) is 11.8 Å². The molecule has 0 atom stereocenters. The van der Waals surface area contributed by atoms with E-state index in [-0.39, 0.29) is 5.56 Å². The minimum atomic E-state index is -0.152. The molecule has 0 amide bonds. The van der Waals surface area contributed by atoms with E-state index in [0.717, 1.165) is 10.8 Å². The summed E-state index contributed by atoms with van der Waals surface area (Å²) in [6.07, 6.45) is 0. The summed E-state index contributed by atoms with van der Waals surface area (Å²) >= 11 is 1.60. The van der Waals surface area contributed by atoms with Crippen LogP contribution in [-0.2, 0) is 0 Å². The summed E-state index contributed by atoms with van der Waals surface area (Å²) in [7, 11) is 0. The highest BCUT2D eigenvalue weighted by atomic mass is 32.2. The van der Waals surface area contributed by atoms with Crippen molar-refractivity contribution in [3.8, 4) is 0 Å². The van der Waals surface area contributed by atoms with Gasteiger partial charge in [-0.15, -0.1) is 11.8 Å². The van der Waals surface area contributed by atoms with E-state index in [0.29, 0.717) is 0 Å². The first kappa shape index (κ1) is 7.34. The molecule has 1 N–H and O–H groups in total. The number of hydrogen-bond acceptors (Lipinski definition) is 3. The molecule has 10 heavy (non-hydrogen) atoms. The zero-order chi connectivity index (χ0) is 7.40. The van der Waals surface area contributed by atoms with Gasteiger partial charge in [-0.25, -0.2) is 5.10 Å². The highest BCUT2D eigenvalue weighted by Crippen LogP contribution is 2.10. The van der Waals surface area contributed by atoms with E-state index in [1.165, 1.54) is 6.07 Å². The Balaban J connectivity index is 2.79. The summed E-state index contributed by atoms with van der Waals surface area (Å²) in [6.45, 7) is 2.04. The number of H-pyrrole nitrogens is 1. The number of aromatic nitrogens is 2. The van der Waals surface area contributed by atoms with Gasteiger partial charge < -0.3 is 0 Å². The van der Waals surface area contributed by atoms with Crippen molar-refractivity contribution in [2.75, 3.05) is 5.75 Å². The molecule has 0 unspecified atom stereocenters. The van der Waals surface area contributed by atoms with Gasteiger partial charge in [-0.3, -0.25) is 4.79 Å². The smallest absolute Gasteiger partial charge is 0.264 e. The highest BCUT2D eigenvalue weighted by molar-refractivity contribution is 7.99. The standard InChI is InChI=1S/C6H8N2OS/c1-2-10-6-4-3-5(9)7-8-6/h3-4H,2H2,1H3,(H,7,9). The van der Waals surface area contributed by atoms with Crippen molar-refractivity contribution in [1.29, 1.82) is 0 Å². The van der Waals surface area contributed by atoms with Gasteiger partial charge in [-0.1, -0.05) is 6.92 Å². The van der Waals surface area contributed by atoms with Gasteiger partial charge in [0.1, 0.15) is 5.03 Å². The molecular weight excluding hydrogens is 148 g/mol. The molecule has 0 aliphatic heterocycles. The lowest BCUT2D eigenvalue weighted by molar-refractivity contribution is 0.899. The lowest BCUT2D eigenvalue weighted by atomic mass is 10.6. The summed E-state index contributed by atoms with van der Waals surface area (Å²) < 4.78 is 0. The second kappa shape index (κ2) is 3.41. The SMILES string of the molecule is CCSc1ccc(=O)[nH]n1. The summed E-state index contributed by atoms with van der Waals surface area (Å²) in [5, 5.41) is 7.01. The van der Waals surface area contributed by atoms with Gasteiger partial charge in [-0.2, -0.15) is 5.10 Å². The quantitative estimate of drug-likeness (QED) is 0.646. The number of nitrogens with zero attached hydrogens (tertiary/aromatic N) is 1. The lowest BCUT2D eigenvalue weighted by Gasteiger charge is -1.92. The molecule has 1 heterocycles. The van der Waals surface area contributed by atoms with Crippen molar-refractivity contribution in [2.45, 2.75) is 11.9 Å². The summed E-state index contributed by atoms with van der Waals surface area (Å²) in [5.74, 6) is 0.971. The number of thioether (sulfide) groups is 1. The zero-order valence-electron chi connectivity index (χ0n) is 5.63. The maximum atomic E-state index is 10.5. The van der Waals surface area contributed by atoms with Gasteiger partial charge in [0.15, 0.2) is 0 Å². The van der Waals surface area contributed by atoms with Crippen LogP contribution >= 0.6 is 11.8 Å². The van der Waals surface area contributed by atoms with Crippen LogP contribution in [0.4, 0.5) is 0 Å². The number of hydrogen-bond donors (Lipinski definition) is 1. The van der Waals surface area contributed by atoms with Crippen molar-refractivity contribution >= 4 is 11.8 Å². The summed E-state index contributed by atoms with van der Waals surface area (Å²) in [4.78, 5) is 10.5. The first-order valence-corrected chi connectivity index (χ1v) is 4.00. The van der Waals surface area contributed by atoms with E-state index < -0.39 is 0 Å². The van der Waals surface area contributed by atoms with Crippen LogP contribution in [0.1, 0.15) is 6.92 Å². The number of rotatable bonds is 2. The third kappa shape index (κ3) is 1.88. The fraction of sp³-hybridized carbons (Fsp3) is 0.333. The van der Waals surface area contributed by atoms with Crippen LogP contribution in [0.15, 0.2) is 22.0 Å². The van der Waals surface area contributed by atoms with Gasteiger partial charge in [0.05, 0.1) is 0 Å². The Labute approximate surface area is 62.9 Å². The highest BCUT2D eigenvalue weighted by Gasteiger charge is 1.90. The van der Waals surface area contributed by atoms with Crippen LogP contribution in [0.2, 0.25) is 0 Å². The first-order valence-electron chi connectivity index (χ1n) is 3.01. The van der Waals surface area contributed by atoms with Crippen LogP contribution < -0.4 is 5.56 Å². The van der Waals surface area contributed by atoms with E-state index in [1.54, 1.807) is 17.8 Å². The van der Waals surface area contributed by atoms with Crippen molar-refractivity contribution in [1.82, 2.24) is 10.2 Å². The monoisotopic (exact) mass is 156 g/mol. The fourth-order valence-corrected chi connectivity index (χ4v) is 1.13. The molecule has 3 nitrogen and oxygen atoms in total. The molecule has 1 rings (SSSR count). The maximum absolute atomic E-state index is 10.5.